The molecule has 0 aromatic heterocycles. The van der Waals surface area contributed by atoms with E-state index in [0.29, 0.717) is 41.5 Å². The molecule has 0 saturated heterocycles. The normalized spacial score (nSPS) is 22.5. The molecule has 1 aromatic rings. The SMILES string of the molecule is C=C(F)C1=C(/C(Oc2ccccc2)=C(\C)C(C=NC2CC2)=CN)CC[C@H](C)N1C(=O)C1CC1. The Morgan fingerprint density at radius 2 is 1.91 bits per heavy atom. The topological polar surface area (TPSA) is 67.9 Å². The minimum absolute atomic E-state index is 0.0323. The van der Waals surface area contributed by atoms with Crippen molar-refractivity contribution in [3.63, 3.8) is 0 Å². The van der Waals surface area contributed by atoms with Crippen molar-refractivity contribution in [2.45, 2.75) is 64.5 Å². The Balaban J connectivity index is 1.85. The molecule has 0 bridgehead atoms. The molecule has 2 N–H and O–H groups in total. The van der Waals surface area contributed by atoms with Gasteiger partial charge in [0.15, 0.2) is 0 Å². The Morgan fingerprint density at radius 3 is 2.48 bits per heavy atom. The number of para-hydroxylation sites is 1. The van der Waals surface area contributed by atoms with Crippen LogP contribution in [-0.4, -0.2) is 29.1 Å². The van der Waals surface area contributed by atoms with E-state index in [2.05, 4.69) is 11.6 Å². The van der Waals surface area contributed by atoms with Crippen molar-refractivity contribution in [2.75, 3.05) is 0 Å². The third-order valence-corrected chi connectivity index (χ3v) is 6.36. The van der Waals surface area contributed by atoms with Gasteiger partial charge in [-0.25, -0.2) is 4.39 Å². The van der Waals surface area contributed by atoms with E-state index in [4.69, 9.17) is 10.5 Å². The first-order chi connectivity index (χ1) is 15.9. The van der Waals surface area contributed by atoms with Gasteiger partial charge >= 0.3 is 0 Å². The number of aliphatic imine (C=N–C) groups is 1. The monoisotopic (exact) mass is 449 g/mol. The number of rotatable bonds is 8. The largest absolute Gasteiger partial charge is 0.457 e. The van der Waals surface area contributed by atoms with E-state index in [-0.39, 0.29) is 23.6 Å². The van der Waals surface area contributed by atoms with E-state index in [1.807, 2.05) is 44.2 Å². The number of hydrogen-bond acceptors (Lipinski definition) is 4. The van der Waals surface area contributed by atoms with E-state index in [1.165, 1.54) is 6.20 Å². The predicted molar refractivity (Wildman–Crippen MR) is 129 cm³/mol. The van der Waals surface area contributed by atoms with Crippen LogP contribution in [-0.2, 0) is 4.79 Å². The fraction of sp³-hybridized carbons (Fsp3) is 0.407. The number of halogens is 1. The molecule has 3 aliphatic rings. The molecule has 2 aliphatic carbocycles. The van der Waals surface area contributed by atoms with Crippen molar-refractivity contribution in [1.29, 1.82) is 0 Å². The highest BCUT2D eigenvalue weighted by molar-refractivity contribution is 5.86. The smallest absolute Gasteiger partial charge is 0.230 e. The lowest BCUT2D eigenvalue weighted by atomic mass is 9.91. The Morgan fingerprint density at radius 1 is 1.21 bits per heavy atom. The molecule has 1 amide bonds. The summed E-state index contributed by atoms with van der Waals surface area (Å²) < 4.78 is 21.4. The van der Waals surface area contributed by atoms with Gasteiger partial charge in [0.25, 0.3) is 0 Å². The van der Waals surface area contributed by atoms with Crippen LogP contribution in [0.15, 0.2) is 82.1 Å². The predicted octanol–water partition coefficient (Wildman–Crippen LogP) is 5.57. The van der Waals surface area contributed by atoms with Gasteiger partial charge in [-0.05, 0) is 64.5 Å². The number of carbonyl (C=O) groups excluding carboxylic acids is 1. The van der Waals surface area contributed by atoms with Crippen LogP contribution >= 0.6 is 0 Å². The van der Waals surface area contributed by atoms with E-state index in [1.54, 1.807) is 11.1 Å². The second-order valence-electron chi connectivity index (χ2n) is 9.10. The first-order valence-corrected chi connectivity index (χ1v) is 11.7. The third-order valence-electron chi connectivity index (χ3n) is 6.36. The molecule has 1 heterocycles. The summed E-state index contributed by atoms with van der Waals surface area (Å²) in [5.74, 6) is 0.425. The molecule has 1 aromatic carbocycles. The van der Waals surface area contributed by atoms with Crippen molar-refractivity contribution in [2.24, 2.45) is 16.6 Å². The van der Waals surface area contributed by atoms with Crippen molar-refractivity contribution in [3.8, 4) is 5.75 Å². The van der Waals surface area contributed by atoms with Gasteiger partial charge in [-0.2, -0.15) is 0 Å². The van der Waals surface area contributed by atoms with Gasteiger partial charge < -0.3 is 15.4 Å². The summed E-state index contributed by atoms with van der Waals surface area (Å²) in [6.45, 7) is 7.45. The standard InChI is InChI=1S/C27H32FN3O2/c1-17-9-14-24(25(19(3)28)31(17)27(32)20-10-11-20)26(33-23-7-5-4-6-8-23)18(2)21(15-29)16-30-22-12-13-22/h4-8,15-17,20,22H,3,9-14,29H2,1-2H3/b21-15?,26-18-,30-16?/t17-/m0/s1. The summed E-state index contributed by atoms with van der Waals surface area (Å²) in [7, 11) is 0. The molecule has 174 valence electrons. The molecule has 1 atom stereocenters. The molecule has 5 nitrogen and oxygen atoms in total. The molecule has 33 heavy (non-hydrogen) atoms. The molecular weight excluding hydrogens is 417 g/mol. The maximum atomic E-state index is 15.0. The molecule has 2 saturated carbocycles. The van der Waals surface area contributed by atoms with Gasteiger partial charge in [0.05, 0.1) is 11.7 Å². The third kappa shape index (κ3) is 5.27. The van der Waals surface area contributed by atoms with Gasteiger partial charge in [-0.1, -0.05) is 24.8 Å². The number of amides is 1. The highest BCUT2D eigenvalue weighted by Crippen LogP contribution is 2.41. The number of nitrogens with two attached hydrogens (primary N) is 1. The van der Waals surface area contributed by atoms with Crippen LogP contribution in [0.1, 0.15) is 52.4 Å². The van der Waals surface area contributed by atoms with Crippen molar-refractivity contribution < 1.29 is 13.9 Å². The van der Waals surface area contributed by atoms with Crippen molar-refractivity contribution in [1.82, 2.24) is 4.90 Å². The van der Waals surface area contributed by atoms with Gasteiger partial charge in [-0.15, -0.1) is 0 Å². The lowest BCUT2D eigenvalue weighted by molar-refractivity contribution is -0.132. The van der Waals surface area contributed by atoms with Crippen LogP contribution in [0.2, 0.25) is 0 Å². The maximum Gasteiger partial charge on any atom is 0.230 e. The quantitative estimate of drug-likeness (QED) is 0.320. The highest BCUT2D eigenvalue weighted by Gasteiger charge is 2.41. The van der Waals surface area contributed by atoms with Crippen LogP contribution in [0.5, 0.6) is 5.75 Å². The fourth-order valence-electron chi connectivity index (χ4n) is 4.11. The lowest BCUT2D eigenvalue weighted by Crippen LogP contribution is -2.42. The van der Waals surface area contributed by atoms with Crippen LogP contribution in [0, 0.1) is 5.92 Å². The van der Waals surface area contributed by atoms with E-state index >= 15 is 4.39 Å². The summed E-state index contributed by atoms with van der Waals surface area (Å²) in [4.78, 5) is 19.3. The molecule has 4 rings (SSSR count). The number of ether oxygens (including phenoxy) is 1. The zero-order chi connectivity index (χ0) is 23.5. The van der Waals surface area contributed by atoms with Crippen LogP contribution in [0.3, 0.4) is 0 Å². The summed E-state index contributed by atoms with van der Waals surface area (Å²) in [6, 6.07) is 9.60. The minimum atomic E-state index is -0.627. The van der Waals surface area contributed by atoms with E-state index in [9.17, 15) is 4.79 Å². The molecule has 6 heteroatoms. The fourth-order valence-corrected chi connectivity index (χ4v) is 4.11. The Kier molecular flexibility index (Phi) is 6.82. The van der Waals surface area contributed by atoms with Gasteiger partial charge in [0.2, 0.25) is 5.91 Å². The van der Waals surface area contributed by atoms with E-state index in [0.717, 1.165) is 31.3 Å². The summed E-state index contributed by atoms with van der Waals surface area (Å²) in [5.41, 5.74) is 8.28. The van der Waals surface area contributed by atoms with E-state index < -0.39 is 5.83 Å². The summed E-state index contributed by atoms with van der Waals surface area (Å²) in [6.07, 6.45) is 8.40. The maximum absolute atomic E-state index is 15.0. The highest BCUT2D eigenvalue weighted by atomic mass is 19.1. The average molecular weight is 450 g/mol. The number of benzene rings is 1. The number of nitrogens with zero attached hydrogens (tertiary/aromatic N) is 2. The second-order valence-corrected chi connectivity index (χ2v) is 9.10. The zero-order valence-corrected chi connectivity index (χ0v) is 19.4. The zero-order valence-electron chi connectivity index (χ0n) is 19.4. The molecule has 1 aliphatic heterocycles. The Hall–Kier alpha value is -3.15. The molecule has 0 unspecified atom stereocenters. The molecule has 0 spiro atoms. The first kappa shape index (κ1) is 23.0. The first-order valence-electron chi connectivity index (χ1n) is 11.7. The second kappa shape index (κ2) is 9.77. The number of hydrogen-bond donors (Lipinski definition) is 1. The van der Waals surface area contributed by atoms with Crippen LogP contribution in [0.4, 0.5) is 4.39 Å². The van der Waals surface area contributed by atoms with Gasteiger partial charge in [0, 0.05) is 41.1 Å². The molecule has 0 radical (unpaired) electrons. The Bertz CT molecular complexity index is 1050. The Labute approximate surface area is 195 Å². The summed E-state index contributed by atoms with van der Waals surface area (Å²) >= 11 is 0. The van der Waals surface area contributed by atoms with Gasteiger partial charge in [0.1, 0.15) is 17.3 Å². The van der Waals surface area contributed by atoms with Crippen LogP contribution < -0.4 is 10.5 Å². The molecular formula is C27H32FN3O2. The number of carbonyl (C=O) groups is 1. The average Bonchev–Trinajstić information content (AvgIpc) is 3.71. The lowest BCUT2D eigenvalue weighted by Gasteiger charge is -2.37. The van der Waals surface area contributed by atoms with Crippen molar-refractivity contribution in [3.05, 3.63) is 77.1 Å². The number of allylic oxidation sites excluding steroid dienone is 4. The van der Waals surface area contributed by atoms with Crippen molar-refractivity contribution >= 4 is 12.1 Å². The van der Waals surface area contributed by atoms with Crippen LogP contribution in [0.25, 0.3) is 0 Å². The molecule has 2 fully saturated rings. The summed E-state index contributed by atoms with van der Waals surface area (Å²) in [5, 5.41) is 0. The minimum Gasteiger partial charge on any atom is -0.457 e. The van der Waals surface area contributed by atoms with Gasteiger partial charge in [-0.3, -0.25) is 9.79 Å².